The summed E-state index contributed by atoms with van der Waals surface area (Å²) in [5, 5.41) is 11.0. The maximum atomic E-state index is 12.3. The van der Waals surface area contributed by atoms with Gasteiger partial charge < -0.3 is 9.84 Å². The van der Waals surface area contributed by atoms with Crippen LogP contribution in [0.5, 0.6) is 0 Å². The van der Waals surface area contributed by atoms with Crippen LogP contribution in [0, 0.1) is 20.8 Å². The van der Waals surface area contributed by atoms with Crippen molar-refractivity contribution in [1.29, 1.82) is 0 Å². The molecule has 2 aromatic heterocycles. The van der Waals surface area contributed by atoms with Crippen molar-refractivity contribution in [3.8, 4) is 0 Å². The van der Waals surface area contributed by atoms with Crippen molar-refractivity contribution in [2.45, 2.75) is 52.6 Å². The zero-order chi connectivity index (χ0) is 17.1. The number of piperidine rings is 1. The summed E-state index contributed by atoms with van der Waals surface area (Å²) < 4.78 is 6.92. The second-order valence-corrected chi connectivity index (χ2v) is 6.38. The van der Waals surface area contributed by atoms with Crippen LogP contribution in [0.25, 0.3) is 0 Å². The van der Waals surface area contributed by atoms with Gasteiger partial charge in [-0.1, -0.05) is 11.6 Å². The molecule has 1 atom stereocenters. The number of amides is 1. The Kier molecular flexibility index (Phi) is 4.94. The first-order valence-electron chi connectivity index (χ1n) is 8.36. The molecule has 0 aromatic carbocycles. The van der Waals surface area contributed by atoms with Crippen LogP contribution in [-0.4, -0.2) is 49.9 Å². The molecule has 3 heterocycles. The van der Waals surface area contributed by atoms with E-state index in [0.717, 1.165) is 37.6 Å². The highest BCUT2D eigenvalue weighted by molar-refractivity contribution is 5.91. The Morgan fingerprint density at radius 3 is 2.88 bits per heavy atom. The van der Waals surface area contributed by atoms with Crippen molar-refractivity contribution in [3.05, 3.63) is 23.5 Å². The van der Waals surface area contributed by atoms with Gasteiger partial charge in [-0.05, 0) is 40.2 Å². The lowest BCUT2D eigenvalue weighted by Crippen LogP contribution is -2.46. The third-order valence-corrected chi connectivity index (χ3v) is 4.34. The van der Waals surface area contributed by atoms with Crippen LogP contribution in [0.3, 0.4) is 0 Å². The van der Waals surface area contributed by atoms with Crippen LogP contribution in [0.2, 0.25) is 0 Å². The monoisotopic (exact) mass is 332 g/mol. The summed E-state index contributed by atoms with van der Waals surface area (Å²) in [6.45, 7) is 7.70. The van der Waals surface area contributed by atoms with Gasteiger partial charge in [0.05, 0.1) is 13.1 Å². The van der Waals surface area contributed by atoms with Gasteiger partial charge >= 0.3 is 0 Å². The maximum Gasteiger partial charge on any atom is 0.239 e. The molecule has 24 heavy (non-hydrogen) atoms. The number of aryl methyl sites for hydroxylation is 3. The fourth-order valence-electron chi connectivity index (χ4n) is 3.20. The van der Waals surface area contributed by atoms with Crippen LogP contribution >= 0.6 is 0 Å². The summed E-state index contributed by atoms with van der Waals surface area (Å²) in [7, 11) is 0. The molecule has 1 N–H and O–H groups in total. The normalized spacial score (nSPS) is 18.7. The number of hydrogen-bond acceptors (Lipinski definition) is 6. The quantitative estimate of drug-likeness (QED) is 0.896. The number of carbonyl (C=O) groups is 1. The molecular formula is C16H24N6O2. The predicted molar refractivity (Wildman–Crippen MR) is 88.6 cm³/mol. The lowest BCUT2D eigenvalue weighted by molar-refractivity contribution is -0.118. The molecule has 0 bridgehead atoms. The second kappa shape index (κ2) is 7.12. The highest BCUT2D eigenvalue weighted by Gasteiger charge is 2.25. The summed E-state index contributed by atoms with van der Waals surface area (Å²) in [6.07, 6.45) is 3.36. The van der Waals surface area contributed by atoms with Gasteiger partial charge in [-0.2, -0.15) is 5.10 Å². The first kappa shape index (κ1) is 16.6. The van der Waals surface area contributed by atoms with Gasteiger partial charge in [-0.3, -0.25) is 9.69 Å². The van der Waals surface area contributed by atoms with Gasteiger partial charge in [-0.25, -0.2) is 9.67 Å². The fourth-order valence-corrected chi connectivity index (χ4v) is 3.20. The van der Waals surface area contributed by atoms with E-state index in [0.29, 0.717) is 24.2 Å². The van der Waals surface area contributed by atoms with Crippen molar-refractivity contribution >= 4 is 11.7 Å². The molecular weight excluding hydrogens is 308 g/mol. The number of anilines is 1. The smallest absolute Gasteiger partial charge is 0.239 e. The molecule has 1 aliphatic heterocycles. The minimum Gasteiger partial charge on any atom is -0.360 e. The molecule has 0 unspecified atom stereocenters. The summed E-state index contributed by atoms with van der Waals surface area (Å²) in [5.41, 5.74) is 0. The van der Waals surface area contributed by atoms with Crippen molar-refractivity contribution in [3.63, 3.8) is 0 Å². The van der Waals surface area contributed by atoms with E-state index in [2.05, 4.69) is 25.5 Å². The summed E-state index contributed by atoms with van der Waals surface area (Å²) >= 11 is 0. The van der Waals surface area contributed by atoms with Crippen LogP contribution in [0.4, 0.5) is 5.82 Å². The number of likely N-dealkylation sites (tertiary alicyclic amines) is 1. The van der Waals surface area contributed by atoms with Crippen LogP contribution < -0.4 is 5.32 Å². The van der Waals surface area contributed by atoms with Gasteiger partial charge in [-0.15, -0.1) is 0 Å². The Hall–Kier alpha value is -2.22. The Morgan fingerprint density at radius 2 is 2.21 bits per heavy atom. The number of rotatable bonds is 5. The maximum absolute atomic E-state index is 12.3. The minimum atomic E-state index is -0.0679. The van der Waals surface area contributed by atoms with Crippen molar-refractivity contribution in [2.75, 3.05) is 18.4 Å². The molecule has 1 amide bonds. The standard InChI is InChI=1S/C16H24N6O2/c1-11-8-15(20-24-11)18-16(23)10-21-7-5-4-6-14(21)9-22-13(3)17-12(2)19-22/h8,14H,4-7,9-10H2,1-3H3,(H,18,20,23)/t14-/m0/s1. The second-order valence-electron chi connectivity index (χ2n) is 6.38. The topological polar surface area (TPSA) is 89.1 Å². The predicted octanol–water partition coefficient (Wildman–Crippen LogP) is 1.68. The molecule has 1 saturated heterocycles. The zero-order valence-corrected chi connectivity index (χ0v) is 14.4. The molecule has 1 fully saturated rings. The summed E-state index contributed by atoms with van der Waals surface area (Å²) in [5.74, 6) is 2.78. The molecule has 8 heteroatoms. The Morgan fingerprint density at radius 1 is 1.38 bits per heavy atom. The molecule has 0 radical (unpaired) electrons. The van der Waals surface area contributed by atoms with Crippen molar-refractivity contribution < 1.29 is 9.32 Å². The fraction of sp³-hybridized carbons (Fsp3) is 0.625. The Balaban J connectivity index is 1.61. The molecule has 0 spiro atoms. The number of aromatic nitrogens is 4. The largest absolute Gasteiger partial charge is 0.360 e. The van der Waals surface area contributed by atoms with E-state index in [1.54, 1.807) is 13.0 Å². The third-order valence-electron chi connectivity index (χ3n) is 4.34. The highest BCUT2D eigenvalue weighted by Crippen LogP contribution is 2.19. The van der Waals surface area contributed by atoms with Gasteiger partial charge in [0.1, 0.15) is 17.4 Å². The molecule has 0 aliphatic carbocycles. The molecule has 130 valence electrons. The molecule has 8 nitrogen and oxygen atoms in total. The first-order valence-corrected chi connectivity index (χ1v) is 8.36. The van der Waals surface area contributed by atoms with E-state index in [4.69, 9.17) is 4.52 Å². The van der Waals surface area contributed by atoms with E-state index in [1.807, 2.05) is 18.5 Å². The van der Waals surface area contributed by atoms with Gasteiger partial charge in [0, 0.05) is 12.1 Å². The minimum absolute atomic E-state index is 0.0679. The zero-order valence-electron chi connectivity index (χ0n) is 14.4. The Labute approximate surface area is 141 Å². The average Bonchev–Trinajstić information content (AvgIpc) is 3.06. The number of nitrogens with zero attached hydrogens (tertiary/aromatic N) is 5. The summed E-state index contributed by atoms with van der Waals surface area (Å²) in [6, 6.07) is 2.01. The first-order chi connectivity index (χ1) is 11.5. The lowest BCUT2D eigenvalue weighted by atomic mass is 10.0. The lowest BCUT2D eigenvalue weighted by Gasteiger charge is -2.35. The van der Waals surface area contributed by atoms with E-state index in [-0.39, 0.29) is 5.91 Å². The van der Waals surface area contributed by atoms with E-state index < -0.39 is 0 Å². The van der Waals surface area contributed by atoms with Crippen LogP contribution in [0.1, 0.15) is 36.7 Å². The molecule has 0 saturated carbocycles. The van der Waals surface area contributed by atoms with Crippen LogP contribution in [-0.2, 0) is 11.3 Å². The number of hydrogen-bond donors (Lipinski definition) is 1. The summed E-state index contributed by atoms with van der Waals surface area (Å²) in [4.78, 5) is 18.9. The van der Waals surface area contributed by atoms with Gasteiger partial charge in [0.15, 0.2) is 5.82 Å². The molecule has 3 rings (SSSR count). The van der Waals surface area contributed by atoms with Crippen molar-refractivity contribution in [1.82, 2.24) is 24.8 Å². The van der Waals surface area contributed by atoms with Crippen LogP contribution in [0.15, 0.2) is 10.6 Å². The van der Waals surface area contributed by atoms with E-state index in [9.17, 15) is 4.79 Å². The Bertz CT molecular complexity index is 707. The molecule has 1 aliphatic rings. The van der Waals surface area contributed by atoms with Crippen molar-refractivity contribution in [2.24, 2.45) is 0 Å². The molecule has 2 aromatic rings. The van der Waals surface area contributed by atoms with Gasteiger partial charge in [0.25, 0.3) is 0 Å². The van der Waals surface area contributed by atoms with Gasteiger partial charge in [0.2, 0.25) is 5.91 Å². The highest BCUT2D eigenvalue weighted by atomic mass is 16.5. The van der Waals surface area contributed by atoms with E-state index >= 15 is 0 Å². The van der Waals surface area contributed by atoms with E-state index in [1.165, 1.54) is 6.42 Å². The third kappa shape index (κ3) is 4.00. The number of nitrogens with one attached hydrogen (secondary N) is 1. The average molecular weight is 332 g/mol. The number of carbonyl (C=O) groups excluding carboxylic acids is 1. The SMILES string of the molecule is Cc1nc(C)n(C[C@@H]2CCCCN2CC(=O)Nc2cc(C)on2)n1.